The Labute approximate surface area is 137 Å². The second-order valence-corrected chi connectivity index (χ2v) is 6.97. The van der Waals surface area contributed by atoms with E-state index in [-0.39, 0.29) is 5.60 Å². The summed E-state index contributed by atoms with van der Waals surface area (Å²) in [6.45, 7) is 5.94. The summed E-state index contributed by atoms with van der Waals surface area (Å²) in [5.74, 6) is 2.57. The van der Waals surface area contributed by atoms with Gasteiger partial charge in [-0.25, -0.2) is 0 Å². The Morgan fingerprint density at radius 1 is 1.14 bits per heavy atom. The Bertz CT molecular complexity index is 397. The van der Waals surface area contributed by atoms with E-state index in [0.29, 0.717) is 13.2 Å². The molecule has 0 radical (unpaired) electrons. The van der Waals surface area contributed by atoms with Crippen molar-refractivity contribution in [3.05, 3.63) is 30.3 Å². The van der Waals surface area contributed by atoms with Crippen LogP contribution in [0.1, 0.15) is 39.5 Å². The maximum Gasteiger partial charge on any atom is 0.119 e. The minimum absolute atomic E-state index is 0.0193. The molecule has 1 saturated carbocycles. The van der Waals surface area contributed by atoms with E-state index < -0.39 is 0 Å². The van der Waals surface area contributed by atoms with Crippen LogP contribution >= 0.6 is 15.9 Å². The lowest BCUT2D eigenvalue weighted by Gasteiger charge is -2.40. The summed E-state index contributed by atoms with van der Waals surface area (Å²) in [7, 11) is 0. The molecule has 3 heteroatoms. The molecule has 1 aliphatic carbocycles. The number of ether oxygens (including phenoxy) is 2. The zero-order valence-corrected chi connectivity index (χ0v) is 14.8. The number of hydrogen-bond acceptors (Lipinski definition) is 2. The first kappa shape index (κ1) is 16.8. The van der Waals surface area contributed by atoms with Crippen LogP contribution in [0.3, 0.4) is 0 Å². The third-order valence-corrected chi connectivity index (χ3v) is 5.65. The molecule has 0 saturated heterocycles. The molecule has 0 N–H and O–H groups in total. The fourth-order valence-corrected chi connectivity index (χ4v) is 3.81. The van der Waals surface area contributed by atoms with Crippen molar-refractivity contribution in [1.82, 2.24) is 0 Å². The molecule has 21 heavy (non-hydrogen) atoms. The standard InChI is InChI=1S/C18H27BrO2/c1-15(2)16-8-10-18(14-19,11-9-16)21-13-12-20-17-6-4-3-5-7-17/h3-7,15-16H,8-14H2,1-2H3. The number of benzene rings is 1. The smallest absolute Gasteiger partial charge is 0.119 e. The van der Waals surface area contributed by atoms with Crippen LogP contribution in [-0.4, -0.2) is 24.1 Å². The number of halogens is 1. The summed E-state index contributed by atoms with van der Waals surface area (Å²) < 4.78 is 11.9. The van der Waals surface area contributed by atoms with Gasteiger partial charge in [0.15, 0.2) is 0 Å². The molecule has 0 atom stereocenters. The van der Waals surface area contributed by atoms with Crippen molar-refractivity contribution in [2.24, 2.45) is 11.8 Å². The van der Waals surface area contributed by atoms with E-state index in [1.165, 1.54) is 12.8 Å². The van der Waals surface area contributed by atoms with Crippen LogP contribution in [0.4, 0.5) is 0 Å². The minimum Gasteiger partial charge on any atom is -0.491 e. The molecule has 1 aromatic rings. The molecular formula is C18H27BrO2. The molecule has 1 aliphatic rings. The van der Waals surface area contributed by atoms with Crippen molar-refractivity contribution >= 4 is 15.9 Å². The summed E-state index contributed by atoms with van der Waals surface area (Å²) in [4.78, 5) is 0. The second-order valence-electron chi connectivity index (χ2n) is 6.41. The van der Waals surface area contributed by atoms with Gasteiger partial charge in [0.2, 0.25) is 0 Å². The molecule has 0 aliphatic heterocycles. The highest BCUT2D eigenvalue weighted by Gasteiger charge is 2.36. The average molecular weight is 355 g/mol. The first-order chi connectivity index (χ1) is 10.2. The fourth-order valence-electron chi connectivity index (χ4n) is 3.08. The summed E-state index contributed by atoms with van der Waals surface area (Å²) in [6.07, 6.45) is 4.88. The van der Waals surface area contributed by atoms with E-state index in [0.717, 1.165) is 35.8 Å². The molecule has 0 aromatic heterocycles. The summed E-state index contributed by atoms with van der Waals surface area (Å²) in [5, 5.41) is 0.927. The zero-order valence-electron chi connectivity index (χ0n) is 13.2. The Morgan fingerprint density at radius 3 is 2.38 bits per heavy atom. The van der Waals surface area contributed by atoms with Crippen LogP contribution in [0.25, 0.3) is 0 Å². The van der Waals surface area contributed by atoms with Gasteiger partial charge in [-0.05, 0) is 49.7 Å². The van der Waals surface area contributed by atoms with Crippen LogP contribution in [0.2, 0.25) is 0 Å². The minimum atomic E-state index is 0.0193. The topological polar surface area (TPSA) is 18.5 Å². The Kier molecular flexibility index (Phi) is 6.56. The molecule has 0 amide bonds. The Balaban J connectivity index is 1.73. The molecule has 0 bridgehead atoms. The van der Waals surface area contributed by atoms with Crippen LogP contribution in [-0.2, 0) is 4.74 Å². The number of hydrogen-bond donors (Lipinski definition) is 0. The van der Waals surface area contributed by atoms with Crippen LogP contribution in [0.15, 0.2) is 30.3 Å². The first-order valence-corrected chi connectivity index (χ1v) is 9.15. The molecular weight excluding hydrogens is 328 g/mol. The van der Waals surface area contributed by atoms with E-state index in [1.54, 1.807) is 0 Å². The van der Waals surface area contributed by atoms with Crippen LogP contribution < -0.4 is 4.74 Å². The third kappa shape index (κ3) is 5.00. The molecule has 1 fully saturated rings. The van der Waals surface area contributed by atoms with E-state index in [4.69, 9.17) is 9.47 Å². The van der Waals surface area contributed by atoms with Crippen molar-refractivity contribution in [1.29, 1.82) is 0 Å². The molecule has 0 heterocycles. The largest absolute Gasteiger partial charge is 0.491 e. The lowest BCUT2D eigenvalue weighted by molar-refractivity contribution is -0.0712. The molecule has 0 unspecified atom stereocenters. The SMILES string of the molecule is CC(C)C1CCC(CBr)(OCCOc2ccccc2)CC1. The fraction of sp³-hybridized carbons (Fsp3) is 0.667. The monoisotopic (exact) mass is 354 g/mol. The van der Waals surface area contributed by atoms with Crippen molar-refractivity contribution in [3.8, 4) is 5.75 Å². The predicted octanol–water partition coefficient (Wildman–Crippen LogP) is 5.06. The molecule has 1 aromatic carbocycles. The van der Waals surface area contributed by atoms with Crippen molar-refractivity contribution < 1.29 is 9.47 Å². The first-order valence-electron chi connectivity index (χ1n) is 8.03. The van der Waals surface area contributed by atoms with Crippen molar-refractivity contribution in [3.63, 3.8) is 0 Å². The maximum absolute atomic E-state index is 6.20. The van der Waals surface area contributed by atoms with Gasteiger partial charge in [-0.3, -0.25) is 0 Å². The molecule has 2 rings (SSSR count). The highest BCUT2D eigenvalue weighted by Crippen LogP contribution is 2.39. The Morgan fingerprint density at radius 2 is 1.81 bits per heavy atom. The van der Waals surface area contributed by atoms with Gasteiger partial charge in [0.1, 0.15) is 12.4 Å². The summed E-state index contributed by atoms with van der Waals surface area (Å²) in [5.41, 5.74) is 0.0193. The van der Waals surface area contributed by atoms with E-state index in [9.17, 15) is 0 Å². The van der Waals surface area contributed by atoms with Gasteiger partial charge in [0.05, 0.1) is 12.2 Å². The van der Waals surface area contributed by atoms with Gasteiger partial charge in [0, 0.05) is 5.33 Å². The second kappa shape index (κ2) is 8.19. The molecule has 0 spiro atoms. The summed E-state index contributed by atoms with van der Waals surface area (Å²) in [6, 6.07) is 9.94. The van der Waals surface area contributed by atoms with E-state index in [1.807, 2.05) is 30.3 Å². The van der Waals surface area contributed by atoms with E-state index in [2.05, 4.69) is 29.8 Å². The van der Waals surface area contributed by atoms with Crippen LogP contribution in [0, 0.1) is 11.8 Å². The number of rotatable bonds is 7. The van der Waals surface area contributed by atoms with Gasteiger partial charge >= 0.3 is 0 Å². The quantitative estimate of drug-likeness (QED) is 0.503. The van der Waals surface area contributed by atoms with Crippen LogP contribution in [0.5, 0.6) is 5.75 Å². The highest BCUT2D eigenvalue weighted by atomic mass is 79.9. The third-order valence-electron chi connectivity index (χ3n) is 4.63. The van der Waals surface area contributed by atoms with E-state index >= 15 is 0 Å². The van der Waals surface area contributed by atoms with Gasteiger partial charge in [-0.15, -0.1) is 0 Å². The average Bonchev–Trinajstić information content (AvgIpc) is 2.53. The van der Waals surface area contributed by atoms with Gasteiger partial charge < -0.3 is 9.47 Å². The maximum atomic E-state index is 6.20. The number of para-hydroxylation sites is 1. The van der Waals surface area contributed by atoms with Gasteiger partial charge in [-0.2, -0.15) is 0 Å². The van der Waals surface area contributed by atoms with Crippen molar-refractivity contribution in [2.45, 2.75) is 45.1 Å². The lowest BCUT2D eigenvalue weighted by atomic mass is 9.75. The predicted molar refractivity (Wildman–Crippen MR) is 91.2 cm³/mol. The molecule has 2 nitrogen and oxygen atoms in total. The van der Waals surface area contributed by atoms with Gasteiger partial charge in [-0.1, -0.05) is 48.0 Å². The van der Waals surface area contributed by atoms with Gasteiger partial charge in [0.25, 0.3) is 0 Å². The number of alkyl halides is 1. The van der Waals surface area contributed by atoms with Crippen molar-refractivity contribution in [2.75, 3.05) is 18.5 Å². The Hall–Kier alpha value is -0.540. The normalized spacial score (nSPS) is 26.0. The zero-order chi connectivity index (χ0) is 15.1. The summed E-state index contributed by atoms with van der Waals surface area (Å²) >= 11 is 3.66. The highest BCUT2D eigenvalue weighted by molar-refractivity contribution is 9.09. The lowest BCUT2D eigenvalue weighted by Crippen LogP contribution is -2.40. The molecule has 118 valence electrons.